The van der Waals surface area contributed by atoms with Gasteiger partial charge in [0.1, 0.15) is 5.82 Å². The Morgan fingerprint density at radius 1 is 0.944 bits per heavy atom. The Morgan fingerprint density at radius 2 is 1.61 bits per heavy atom. The lowest BCUT2D eigenvalue weighted by molar-refractivity contribution is 0.629. The fraction of sp³-hybridized carbons (Fsp3) is 0.0667. The first-order chi connectivity index (χ1) is 8.76. The summed E-state index contributed by atoms with van der Waals surface area (Å²) >= 11 is 0. The minimum Gasteiger partial charge on any atom is -0.206 e. The molecule has 0 atom stereocenters. The van der Waals surface area contributed by atoms with E-state index in [9.17, 15) is 4.39 Å². The van der Waals surface area contributed by atoms with E-state index >= 15 is 0 Å². The van der Waals surface area contributed by atoms with Gasteiger partial charge in [-0.15, -0.1) is 0 Å². The molecule has 2 aromatic rings. The van der Waals surface area contributed by atoms with Crippen molar-refractivity contribution in [3.8, 4) is 23.3 Å². The second-order valence-corrected chi connectivity index (χ2v) is 3.80. The van der Waals surface area contributed by atoms with Gasteiger partial charge in [-0.1, -0.05) is 42.5 Å². The lowest BCUT2D eigenvalue weighted by Gasteiger charge is -2.06. The molecular weight excluding hydrogens is 227 g/mol. The molecule has 0 aliphatic rings. The van der Waals surface area contributed by atoms with Crippen LogP contribution in [0, 0.1) is 28.5 Å². The fourth-order valence-corrected chi connectivity index (χ4v) is 1.74. The highest BCUT2D eigenvalue weighted by Gasteiger charge is 2.12. The van der Waals surface area contributed by atoms with E-state index in [0.717, 1.165) is 5.56 Å². The first-order valence-corrected chi connectivity index (χ1v) is 5.40. The topological polar surface area (TPSA) is 47.6 Å². The van der Waals surface area contributed by atoms with Crippen molar-refractivity contribution in [1.29, 1.82) is 10.5 Å². The monoisotopic (exact) mass is 236 g/mol. The van der Waals surface area contributed by atoms with Crippen LogP contribution in [0.1, 0.15) is 11.5 Å². The highest BCUT2D eigenvalue weighted by molar-refractivity contribution is 5.64. The van der Waals surface area contributed by atoms with Gasteiger partial charge in [-0.2, -0.15) is 10.5 Å². The Hall–Kier alpha value is -2.65. The Morgan fingerprint density at radius 3 is 2.17 bits per heavy atom. The number of nitrogens with zero attached hydrogens (tertiary/aromatic N) is 2. The van der Waals surface area contributed by atoms with Crippen LogP contribution >= 0.6 is 0 Å². The number of benzene rings is 2. The zero-order valence-electron chi connectivity index (χ0n) is 9.47. The van der Waals surface area contributed by atoms with Gasteiger partial charge in [0.25, 0.3) is 0 Å². The van der Waals surface area contributed by atoms with Gasteiger partial charge in [0.15, 0.2) is 5.92 Å². The third-order valence-electron chi connectivity index (χ3n) is 2.67. The van der Waals surface area contributed by atoms with Crippen molar-refractivity contribution < 1.29 is 4.39 Å². The van der Waals surface area contributed by atoms with Crippen molar-refractivity contribution in [3.05, 3.63) is 59.9 Å². The molecule has 0 unspecified atom stereocenters. The van der Waals surface area contributed by atoms with E-state index in [-0.39, 0.29) is 0 Å². The second kappa shape index (κ2) is 5.12. The summed E-state index contributed by atoms with van der Waals surface area (Å²) in [6.45, 7) is 0. The lowest BCUT2D eigenvalue weighted by Crippen LogP contribution is -1.94. The van der Waals surface area contributed by atoms with Crippen LogP contribution in [0.3, 0.4) is 0 Å². The summed E-state index contributed by atoms with van der Waals surface area (Å²) in [5, 5.41) is 17.5. The molecule has 0 saturated carbocycles. The van der Waals surface area contributed by atoms with Crippen LogP contribution < -0.4 is 0 Å². The van der Waals surface area contributed by atoms with Gasteiger partial charge in [0, 0.05) is 5.56 Å². The van der Waals surface area contributed by atoms with Crippen molar-refractivity contribution in [2.45, 2.75) is 5.92 Å². The van der Waals surface area contributed by atoms with E-state index in [1.165, 1.54) is 6.07 Å². The van der Waals surface area contributed by atoms with Gasteiger partial charge in [0.2, 0.25) is 0 Å². The Balaban J connectivity index is 2.45. The van der Waals surface area contributed by atoms with Gasteiger partial charge in [0.05, 0.1) is 12.1 Å². The van der Waals surface area contributed by atoms with E-state index in [0.29, 0.717) is 11.1 Å². The zero-order valence-corrected chi connectivity index (χ0v) is 9.47. The maximum atomic E-state index is 14.0. The van der Waals surface area contributed by atoms with Crippen LogP contribution in [0.5, 0.6) is 0 Å². The maximum absolute atomic E-state index is 14.0. The molecule has 0 radical (unpaired) electrons. The molecule has 0 fully saturated rings. The van der Waals surface area contributed by atoms with Crippen molar-refractivity contribution >= 4 is 0 Å². The highest BCUT2D eigenvalue weighted by atomic mass is 19.1. The number of rotatable bonds is 2. The molecule has 0 aromatic heterocycles. The lowest BCUT2D eigenvalue weighted by atomic mass is 9.97. The second-order valence-electron chi connectivity index (χ2n) is 3.80. The van der Waals surface area contributed by atoms with E-state index < -0.39 is 11.7 Å². The van der Waals surface area contributed by atoms with Crippen LogP contribution in [0.25, 0.3) is 11.1 Å². The molecule has 0 aliphatic heterocycles. The van der Waals surface area contributed by atoms with Crippen LogP contribution in [0.2, 0.25) is 0 Å². The summed E-state index contributed by atoms with van der Waals surface area (Å²) in [6, 6.07) is 17.3. The highest BCUT2D eigenvalue weighted by Crippen LogP contribution is 2.25. The molecule has 18 heavy (non-hydrogen) atoms. The molecule has 86 valence electrons. The fourth-order valence-electron chi connectivity index (χ4n) is 1.74. The third-order valence-corrected chi connectivity index (χ3v) is 2.67. The van der Waals surface area contributed by atoms with Gasteiger partial charge in [-0.05, 0) is 17.2 Å². The Labute approximate surface area is 105 Å². The predicted molar refractivity (Wildman–Crippen MR) is 65.8 cm³/mol. The first-order valence-electron chi connectivity index (χ1n) is 5.40. The molecule has 0 saturated heterocycles. The molecule has 0 N–H and O–H groups in total. The van der Waals surface area contributed by atoms with E-state index in [4.69, 9.17) is 10.5 Å². The Bertz CT molecular complexity index is 622. The van der Waals surface area contributed by atoms with Crippen molar-refractivity contribution in [2.24, 2.45) is 0 Å². The average molecular weight is 236 g/mol. The van der Waals surface area contributed by atoms with Crippen molar-refractivity contribution in [3.63, 3.8) is 0 Å². The molecule has 0 spiro atoms. The molecule has 0 aliphatic carbocycles. The SMILES string of the molecule is N#CC(C#N)c1ccc(-c2ccccc2)c(F)c1. The molecule has 0 heterocycles. The van der Waals surface area contributed by atoms with Gasteiger partial charge >= 0.3 is 0 Å². The number of hydrogen-bond acceptors (Lipinski definition) is 2. The zero-order chi connectivity index (χ0) is 13.0. The third kappa shape index (κ3) is 2.21. The van der Waals surface area contributed by atoms with Crippen LogP contribution in [0.4, 0.5) is 4.39 Å². The smallest absolute Gasteiger partial charge is 0.158 e. The van der Waals surface area contributed by atoms with Gasteiger partial charge < -0.3 is 0 Å². The summed E-state index contributed by atoms with van der Waals surface area (Å²) in [7, 11) is 0. The van der Waals surface area contributed by atoms with Gasteiger partial charge in [-0.3, -0.25) is 0 Å². The maximum Gasteiger partial charge on any atom is 0.158 e. The number of nitriles is 2. The van der Waals surface area contributed by atoms with Gasteiger partial charge in [-0.25, -0.2) is 4.39 Å². The van der Waals surface area contributed by atoms with E-state index in [1.807, 2.05) is 42.5 Å². The summed E-state index contributed by atoms with van der Waals surface area (Å²) < 4.78 is 14.0. The average Bonchev–Trinajstić information content (AvgIpc) is 2.41. The standard InChI is InChI=1S/C15H9FN2/c16-15-8-12(13(9-17)10-18)6-7-14(15)11-4-2-1-3-5-11/h1-8,13H. The molecule has 2 rings (SSSR count). The Kier molecular flexibility index (Phi) is 3.36. The molecule has 0 bridgehead atoms. The summed E-state index contributed by atoms with van der Waals surface area (Å²) in [5.41, 5.74) is 1.62. The predicted octanol–water partition coefficient (Wildman–Crippen LogP) is 3.62. The van der Waals surface area contributed by atoms with E-state index in [2.05, 4.69) is 0 Å². The quantitative estimate of drug-likeness (QED) is 0.799. The van der Waals surface area contributed by atoms with Crippen LogP contribution in [-0.2, 0) is 0 Å². The summed E-state index contributed by atoms with van der Waals surface area (Å²) in [5.74, 6) is -1.35. The molecular formula is C15H9FN2. The largest absolute Gasteiger partial charge is 0.206 e. The molecule has 2 aromatic carbocycles. The minimum atomic E-state index is -0.927. The molecule has 2 nitrogen and oxygen atoms in total. The molecule has 3 heteroatoms. The van der Waals surface area contributed by atoms with Crippen LogP contribution in [0.15, 0.2) is 48.5 Å². The summed E-state index contributed by atoms with van der Waals surface area (Å²) in [4.78, 5) is 0. The van der Waals surface area contributed by atoms with Crippen LogP contribution in [-0.4, -0.2) is 0 Å². The van der Waals surface area contributed by atoms with Crippen molar-refractivity contribution in [1.82, 2.24) is 0 Å². The number of halogens is 1. The van der Waals surface area contributed by atoms with Crippen molar-refractivity contribution in [2.75, 3.05) is 0 Å². The van der Waals surface area contributed by atoms with E-state index in [1.54, 1.807) is 12.1 Å². The normalized spacial score (nSPS) is 9.78. The number of hydrogen-bond donors (Lipinski definition) is 0. The minimum absolute atomic E-state index is 0.386. The summed E-state index contributed by atoms with van der Waals surface area (Å²) in [6.07, 6.45) is 0. The molecule has 0 amide bonds. The first kappa shape index (κ1) is 11.8.